The second-order valence-electron chi connectivity index (χ2n) is 15.7. The monoisotopic (exact) mass is 520 g/mol. The van der Waals surface area contributed by atoms with Crippen molar-refractivity contribution in [3.63, 3.8) is 0 Å². The normalized spacial score (nSPS) is 28.7. The molecule has 2 heterocycles. The van der Waals surface area contributed by atoms with Crippen molar-refractivity contribution >= 4 is 17.2 Å². The van der Waals surface area contributed by atoms with Gasteiger partial charge >= 0.3 is 0 Å². The van der Waals surface area contributed by atoms with E-state index in [2.05, 4.69) is 109 Å². The van der Waals surface area contributed by atoms with Gasteiger partial charge in [0.1, 0.15) is 0 Å². The molecule has 202 valence electrons. The van der Waals surface area contributed by atoms with Gasteiger partial charge in [0, 0.05) is 23.2 Å². The number of hydrogen-bond acceptors (Lipinski definition) is 2. The first-order valence-corrected chi connectivity index (χ1v) is 16.4. The van der Waals surface area contributed by atoms with Gasteiger partial charge < -0.3 is 10.6 Å². The van der Waals surface area contributed by atoms with Crippen LogP contribution in [-0.2, 0) is 0 Å². The van der Waals surface area contributed by atoms with Crippen molar-refractivity contribution in [1.29, 1.82) is 0 Å². The van der Waals surface area contributed by atoms with Crippen LogP contribution in [0.3, 0.4) is 0 Å². The van der Waals surface area contributed by atoms with Crippen LogP contribution in [-0.4, -0.2) is 46.8 Å². The van der Waals surface area contributed by atoms with Crippen LogP contribution >= 0.6 is 17.2 Å². The third-order valence-electron chi connectivity index (χ3n) is 8.73. The second kappa shape index (κ2) is 10.1. The fraction of sp³-hybridized carbons (Fsp3) is 0.871. The molecule has 2 fully saturated rings. The predicted octanol–water partition coefficient (Wildman–Crippen LogP) is 8.13. The Balaban J connectivity index is 2.29. The van der Waals surface area contributed by atoms with Gasteiger partial charge in [-0.2, -0.15) is 0 Å². The fourth-order valence-electron chi connectivity index (χ4n) is 7.35. The maximum absolute atomic E-state index is 3.97. The van der Waals surface area contributed by atoms with Crippen molar-refractivity contribution in [1.82, 2.24) is 10.6 Å². The lowest BCUT2D eigenvalue weighted by molar-refractivity contribution is 0.280. The first kappa shape index (κ1) is 29.8. The van der Waals surface area contributed by atoms with E-state index in [9.17, 15) is 0 Å². The zero-order valence-electron chi connectivity index (χ0n) is 25.3. The molecule has 2 nitrogen and oxygen atoms in total. The highest BCUT2D eigenvalue weighted by Crippen LogP contribution is 2.64. The lowest BCUT2D eigenvalue weighted by Crippen LogP contribution is -2.56. The molecule has 0 aromatic rings. The van der Waals surface area contributed by atoms with E-state index in [1.807, 2.05) is 0 Å². The molecule has 0 aromatic carbocycles. The smallest absolute Gasteiger partial charge is 0.0402 e. The Morgan fingerprint density at radius 1 is 0.800 bits per heavy atom. The molecule has 0 saturated carbocycles. The summed E-state index contributed by atoms with van der Waals surface area (Å²) in [6.07, 6.45) is 9.13. The van der Waals surface area contributed by atoms with Crippen molar-refractivity contribution in [2.75, 3.05) is 19.3 Å². The van der Waals surface area contributed by atoms with Crippen LogP contribution < -0.4 is 10.6 Å². The van der Waals surface area contributed by atoms with E-state index >= 15 is 0 Å². The number of allylic oxidation sites excluding steroid dienone is 3. The maximum Gasteiger partial charge on any atom is 0.0402 e. The summed E-state index contributed by atoms with van der Waals surface area (Å²) in [4.78, 5) is 0. The van der Waals surface area contributed by atoms with Crippen LogP contribution in [0.4, 0.5) is 0 Å². The molecule has 4 atom stereocenters. The van der Waals surface area contributed by atoms with Gasteiger partial charge in [-0.25, -0.2) is 0 Å². The Kier molecular flexibility index (Phi) is 8.60. The summed E-state index contributed by atoms with van der Waals surface area (Å²) in [6, 6.07) is 1.06. The molecule has 4 heteroatoms. The molecule has 3 aliphatic rings. The van der Waals surface area contributed by atoms with Gasteiger partial charge in [-0.15, -0.1) is 9.24 Å². The first-order valence-electron chi connectivity index (χ1n) is 14.3. The van der Waals surface area contributed by atoms with E-state index in [4.69, 9.17) is 0 Å². The van der Waals surface area contributed by atoms with Crippen LogP contribution in [0.25, 0.3) is 0 Å². The van der Waals surface area contributed by atoms with Crippen LogP contribution in [0.5, 0.6) is 0 Å². The summed E-state index contributed by atoms with van der Waals surface area (Å²) < 4.78 is 0. The summed E-state index contributed by atoms with van der Waals surface area (Å²) in [5.41, 5.74) is 5.47. The molecule has 35 heavy (non-hydrogen) atoms. The Labute approximate surface area is 222 Å². The zero-order chi connectivity index (χ0) is 26.6. The van der Waals surface area contributed by atoms with Crippen molar-refractivity contribution in [3.8, 4) is 0 Å². The highest BCUT2D eigenvalue weighted by molar-refractivity contribution is 7.61. The topological polar surface area (TPSA) is 24.1 Å². The molecule has 2 saturated heterocycles. The summed E-state index contributed by atoms with van der Waals surface area (Å²) >= 11 is 0. The largest absolute Gasteiger partial charge is 0.313 e. The molecule has 0 spiro atoms. The van der Waals surface area contributed by atoms with Crippen molar-refractivity contribution in [2.24, 2.45) is 16.7 Å². The quantitative estimate of drug-likeness (QED) is 0.358. The molecule has 3 rings (SSSR count). The van der Waals surface area contributed by atoms with Gasteiger partial charge in [-0.1, -0.05) is 108 Å². The van der Waals surface area contributed by atoms with Crippen molar-refractivity contribution < 1.29 is 0 Å². The Bertz CT molecular complexity index is 784. The second-order valence-corrected chi connectivity index (χ2v) is 20.6. The molecule has 0 amide bonds. The van der Waals surface area contributed by atoms with Gasteiger partial charge in [0.2, 0.25) is 0 Å². The minimum atomic E-state index is -0.222. The molecule has 0 bridgehead atoms. The van der Waals surface area contributed by atoms with E-state index in [-0.39, 0.29) is 23.9 Å². The lowest BCUT2D eigenvalue weighted by Gasteiger charge is -2.47. The molecular formula is C31H58N2P2. The zero-order valence-corrected chi connectivity index (χ0v) is 27.3. The molecule has 4 unspecified atom stereocenters. The third kappa shape index (κ3) is 6.13. The third-order valence-corrected chi connectivity index (χ3v) is 13.7. The standard InChI is InChI=1S/C31H58N2P2/c1-27(2,3)23-19-22(31(34,24-15-13-17-32-24)25-16-14-18-33-25)21(26(23)28(4,5)6)20-35(29(7,8)9)30(10,11)12/h19,24-26,32-33H,13-18,20,34H2,1-12H3. The summed E-state index contributed by atoms with van der Waals surface area (Å²) in [7, 11) is 3.27. The minimum Gasteiger partial charge on any atom is -0.313 e. The highest BCUT2D eigenvalue weighted by atomic mass is 31.1. The average molecular weight is 521 g/mol. The highest BCUT2D eigenvalue weighted by Gasteiger charge is 2.52. The van der Waals surface area contributed by atoms with Crippen LogP contribution in [0.15, 0.2) is 22.8 Å². The maximum atomic E-state index is 3.97. The lowest BCUT2D eigenvalue weighted by atomic mass is 9.67. The molecule has 1 aliphatic carbocycles. The van der Waals surface area contributed by atoms with Gasteiger partial charge in [0.25, 0.3) is 0 Å². The number of hydrogen-bond donors (Lipinski definition) is 2. The Hall–Kier alpha value is 0.260. The molecule has 0 aromatic heterocycles. The van der Waals surface area contributed by atoms with Gasteiger partial charge in [-0.3, -0.25) is 0 Å². The van der Waals surface area contributed by atoms with E-state index in [0.717, 1.165) is 13.1 Å². The average Bonchev–Trinajstić information content (AvgIpc) is 3.43. The van der Waals surface area contributed by atoms with Gasteiger partial charge in [0.05, 0.1) is 0 Å². The molecule has 0 radical (unpaired) electrons. The molecule has 2 N–H and O–H groups in total. The summed E-state index contributed by atoms with van der Waals surface area (Å²) in [5, 5.41) is 8.64. The van der Waals surface area contributed by atoms with E-state index in [1.165, 1.54) is 31.8 Å². The molecule has 2 aliphatic heterocycles. The fourth-order valence-corrected chi connectivity index (χ4v) is 11.8. The van der Waals surface area contributed by atoms with Crippen molar-refractivity contribution in [2.45, 2.75) is 136 Å². The van der Waals surface area contributed by atoms with E-state index in [1.54, 1.807) is 16.7 Å². The van der Waals surface area contributed by atoms with E-state index < -0.39 is 0 Å². The Morgan fingerprint density at radius 3 is 1.57 bits per heavy atom. The predicted molar refractivity (Wildman–Crippen MR) is 163 cm³/mol. The Morgan fingerprint density at radius 2 is 1.26 bits per heavy atom. The van der Waals surface area contributed by atoms with Gasteiger partial charge in [0.15, 0.2) is 0 Å². The van der Waals surface area contributed by atoms with Crippen LogP contribution in [0.2, 0.25) is 0 Å². The van der Waals surface area contributed by atoms with Gasteiger partial charge in [-0.05, 0) is 71.6 Å². The SMILES string of the molecule is CC(C)(C)C1=CC(C(P)(C2CCCN2)C2CCCN2)=C(CP(C(C)(C)C)C(C)(C)C)C1C(C)(C)C. The van der Waals surface area contributed by atoms with E-state index in [0.29, 0.717) is 28.3 Å². The summed E-state index contributed by atoms with van der Waals surface area (Å²) in [6.45, 7) is 32.1. The number of nitrogens with one attached hydrogen (secondary N) is 2. The molecular weight excluding hydrogens is 462 g/mol. The van der Waals surface area contributed by atoms with Crippen LogP contribution in [0, 0.1) is 16.7 Å². The minimum absolute atomic E-state index is 0.0512. The summed E-state index contributed by atoms with van der Waals surface area (Å²) in [5.74, 6) is 0.509. The van der Waals surface area contributed by atoms with Crippen LogP contribution in [0.1, 0.15) is 109 Å². The first-order chi connectivity index (χ1) is 15.8. The number of rotatable bonds is 5. The van der Waals surface area contributed by atoms with Crippen molar-refractivity contribution in [3.05, 3.63) is 22.8 Å².